The van der Waals surface area contributed by atoms with Crippen LogP contribution in [0.15, 0.2) is 67.3 Å². The SMILES string of the molecule is NC(=O)NCc1ccc(Oc2ccc(-n3ccnc3)cc2)cc1. The highest BCUT2D eigenvalue weighted by atomic mass is 16.5. The molecule has 3 N–H and O–H groups in total. The summed E-state index contributed by atoms with van der Waals surface area (Å²) in [6.45, 7) is 0.398. The van der Waals surface area contributed by atoms with Crippen molar-refractivity contribution in [3.8, 4) is 17.2 Å². The average Bonchev–Trinajstić information content (AvgIpc) is 3.09. The van der Waals surface area contributed by atoms with E-state index in [-0.39, 0.29) is 0 Å². The quantitative estimate of drug-likeness (QED) is 0.760. The topological polar surface area (TPSA) is 82.2 Å². The maximum absolute atomic E-state index is 10.7. The Labute approximate surface area is 133 Å². The van der Waals surface area contributed by atoms with Crippen LogP contribution in [-0.4, -0.2) is 15.6 Å². The Bertz CT molecular complexity index is 765. The van der Waals surface area contributed by atoms with Crippen LogP contribution in [0.4, 0.5) is 4.79 Å². The van der Waals surface area contributed by atoms with Crippen molar-refractivity contribution < 1.29 is 9.53 Å². The molecule has 3 aromatic rings. The van der Waals surface area contributed by atoms with Gasteiger partial charge in [-0.15, -0.1) is 0 Å². The summed E-state index contributed by atoms with van der Waals surface area (Å²) in [5, 5.41) is 2.54. The Morgan fingerprint density at radius 1 is 1.09 bits per heavy atom. The van der Waals surface area contributed by atoms with Crippen LogP contribution in [0.25, 0.3) is 5.69 Å². The first kappa shape index (κ1) is 14.6. The molecule has 0 aliphatic heterocycles. The molecule has 0 saturated carbocycles. The van der Waals surface area contributed by atoms with Crippen molar-refractivity contribution in [1.82, 2.24) is 14.9 Å². The lowest BCUT2D eigenvalue weighted by Gasteiger charge is -2.08. The summed E-state index contributed by atoms with van der Waals surface area (Å²) >= 11 is 0. The standard InChI is InChI=1S/C17H16N4O2/c18-17(22)20-11-13-1-5-15(6-2-13)23-16-7-3-14(4-8-16)21-10-9-19-12-21/h1-10,12H,11H2,(H3,18,20,22). The highest BCUT2D eigenvalue weighted by molar-refractivity contribution is 5.71. The van der Waals surface area contributed by atoms with E-state index in [1.165, 1.54) is 0 Å². The number of nitrogens with two attached hydrogens (primary N) is 1. The lowest BCUT2D eigenvalue weighted by molar-refractivity contribution is 0.248. The van der Waals surface area contributed by atoms with Crippen LogP contribution >= 0.6 is 0 Å². The Morgan fingerprint density at radius 2 is 1.74 bits per heavy atom. The molecule has 1 heterocycles. The third kappa shape index (κ3) is 3.88. The molecule has 116 valence electrons. The van der Waals surface area contributed by atoms with Crippen LogP contribution in [0.5, 0.6) is 11.5 Å². The normalized spacial score (nSPS) is 10.3. The number of nitrogens with one attached hydrogen (secondary N) is 1. The Hall–Kier alpha value is -3.28. The Kier molecular flexibility index (Phi) is 4.24. The number of carbonyl (C=O) groups is 1. The number of ether oxygens (including phenoxy) is 1. The molecular formula is C17H16N4O2. The molecule has 0 saturated heterocycles. The fraction of sp³-hybridized carbons (Fsp3) is 0.0588. The monoisotopic (exact) mass is 308 g/mol. The van der Waals surface area contributed by atoms with Crippen molar-refractivity contribution in [3.05, 3.63) is 72.8 Å². The lowest BCUT2D eigenvalue weighted by Crippen LogP contribution is -2.28. The molecule has 0 bridgehead atoms. The number of imidazole rings is 1. The molecule has 0 spiro atoms. The highest BCUT2D eigenvalue weighted by Gasteiger charge is 2.01. The minimum Gasteiger partial charge on any atom is -0.457 e. The van der Waals surface area contributed by atoms with E-state index < -0.39 is 6.03 Å². The third-order valence-electron chi connectivity index (χ3n) is 3.27. The first-order valence-corrected chi connectivity index (χ1v) is 7.09. The summed E-state index contributed by atoms with van der Waals surface area (Å²) < 4.78 is 7.72. The summed E-state index contributed by atoms with van der Waals surface area (Å²) in [6, 6.07) is 14.6. The van der Waals surface area contributed by atoms with Crippen LogP contribution in [0, 0.1) is 0 Å². The zero-order valence-corrected chi connectivity index (χ0v) is 12.3. The number of aromatic nitrogens is 2. The second-order valence-corrected chi connectivity index (χ2v) is 4.93. The van der Waals surface area contributed by atoms with Gasteiger partial charge in [-0.2, -0.15) is 0 Å². The Balaban J connectivity index is 1.64. The first-order chi connectivity index (χ1) is 11.2. The molecule has 2 aromatic carbocycles. The Morgan fingerprint density at radius 3 is 2.30 bits per heavy atom. The zero-order chi connectivity index (χ0) is 16.1. The number of urea groups is 1. The van der Waals surface area contributed by atoms with E-state index in [9.17, 15) is 4.79 Å². The second-order valence-electron chi connectivity index (χ2n) is 4.93. The number of carbonyl (C=O) groups excluding carboxylic acids is 1. The molecule has 6 nitrogen and oxygen atoms in total. The van der Waals surface area contributed by atoms with E-state index in [0.717, 1.165) is 22.7 Å². The van der Waals surface area contributed by atoms with Crippen molar-refractivity contribution in [2.24, 2.45) is 5.73 Å². The van der Waals surface area contributed by atoms with Crippen LogP contribution in [0.1, 0.15) is 5.56 Å². The number of amides is 2. The number of primary amides is 1. The molecule has 0 atom stereocenters. The average molecular weight is 308 g/mol. The van der Waals surface area contributed by atoms with Crippen LogP contribution in [0.3, 0.4) is 0 Å². The van der Waals surface area contributed by atoms with Crippen LogP contribution < -0.4 is 15.8 Å². The van der Waals surface area contributed by atoms with E-state index in [0.29, 0.717) is 6.54 Å². The van der Waals surface area contributed by atoms with Gasteiger partial charge in [0.15, 0.2) is 0 Å². The van der Waals surface area contributed by atoms with Gasteiger partial charge in [0.2, 0.25) is 0 Å². The van der Waals surface area contributed by atoms with Crippen LogP contribution in [0.2, 0.25) is 0 Å². The number of hydrogen-bond acceptors (Lipinski definition) is 3. The van der Waals surface area contributed by atoms with Gasteiger partial charge in [0, 0.05) is 24.6 Å². The smallest absolute Gasteiger partial charge is 0.312 e. The molecule has 1 aromatic heterocycles. The molecule has 0 radical (unpaired) electrons. The van der Waals surface area contributed by atoms with Gasteiger partial charge in [0.25, 0.3) is 0 Å². The number of rotatable bonds is 5. The molecule has 3 rings (SSSR count). The molecule has 6 heteroatoms. The van der Waals surface area contributed by atoms with Gasteiger partial charge < -0.3 is 20.4 Å². The predicted molar refractivity (Wildman–Crippen MR) is 86.5 cm³/mol. The van der Waals surface area contributed by atoms with Crippen molar-refractivity contribution in [2.45, 2.75) is 6.54 Å². The summed E-state index contributed by atoms with van der Waals surface area (Å²) in [5.41, 5.74) is 7.01. The van der Waals surface area contributed by atoms with Gasteiger partial charge in [0.1, 0.15) is 11.5 Å². The maximum Gasteiger partial charge on any atom is 0.312 e. The molecule has 2 amide bonds. The number of hydrogen-bond donors (Lipinski definition) is 2. The summed E-state index contributed by atoms with van der Waals surface area (Å²) in [6.07, 6.45) is 5.36. The minimum atomic E-state index is -0.539. The van der Waals surface area contributed by atoms with E-state index in [4.69, 9.17) is 10.5 Å². The van der Waals surface area contributed by atoms with E-state index in [1.807, 2.05) is 59.3 Å². The van der Waals surface area contributed by atoms with Crippen molar-refractivity contribution in [3.63, 3.8) is 0 Å². The first-order valence-electron chi connectivity index (χ1n) is 7.09. The summed E-state index contributed by atoms with van der Waals surface area (Å²) in [7, 11) is 0. The second kappa shape index (κ2) is 6.65. The third-order valence-corrected chi connectivity index (χ3v) is 3.27. The lowest BCUT2D eigenvalue weighted by atomic mass is 10.2. The van der Waals surface area contributed by atoms with Gasteiger partial charge in [-0.05, 0) is 42.0 Å². The molecule has 0 aliphatic rings. The van der Waals surface area contributed by atoms with Gasteiger partial charge in [-0.1, -0.05) is 12.1 Å². The summed E-state index contributed by atoms with van der Waals surface area (Å²) in [5.74, 6) is 1.47. The van der Waals surface area contributed by atoms with E-state index in [2.05, 4.69) is 10.3 Å². The van der Waals surface area contributed by atoms with E-state index >= 15 is 0 Å². The van der Waals surface area contributed by atoms with Crippen LogP contribution in [-0.2, 0) is 6.54 Å². The zero-order valence-electron chi connectivity index (χ0n) is 12.3. The molecule has 0 unspecified atom stereocenters. The van der Waals surface area contributed by atoms with Gasteiger partial charge in [-0.3, -0.25) is 0 Å². The van der Waals surface area contributed by atoms with Crippen molar-refractivity contribution in [2.75, 3.05) is 0 Å². The van der Waals surface area contributed by atoms with Gasteiger partial charge in [0.05, 0.1) is 6.33 Å². The fourth-order valence-electron chi connectivity index (χ4n) is 2.10. The maximum atomic E-state index is 10.7. The predicted octanol–water partition coefficient (Wildman–Crippen LogP) is 2.83. The summed E-state index contributed by atoms with van der Waals surface area (Å²) in [4.78, 5) is 14.7. The molecule has 23 heavy (non-hydrogen) atoms. The minimum absolute atomic E-state index is 0.398. The highest BCUT2D eigenvalue weighted by Crippen LogP contribution is 2.23. The van der Waals surface area contributed by atoms with E-state index in [1.54, 1.807) is 12.5 Å². The molecule has 0 aliphatic carbocycles. The molecular weight excluding hydrogens is 292 g/mol. The van der Waals surface area contributed by atoms with Crippen molar-refractivity contribution in [1.29, 1.82) is 0 Å². The van der Waals surface area contributed by atoms with Gasteiger partial charge >= 0.3 is 6.03 Å². The van der Waals surface area contributed by atoms with Crippen molar-refractivity contribution >= 4 is 6.03 Å². The largest absolute Gasteiger partial charge is 0.457 e. The van der Waals surface area contributed by atoms with Gasteiger partial charge in [-0.25, -0.2) is 9.78 Å². The fourth-order valence-corrected chi connectivity index (χ4v) is 2.10. The number of nitrogens with zero attached hydrogens (tertiary/aromatic N) is 2. The molecule has 0 fully saturated rings. The number of benzene rings is 2.